The molecule has 0 saturated carbocycles. The number of carbonyl (C=O) groups is 2. The van der Waals surface area contributed by atoms with Crippen LogP contribution in [0, 0.1) is 13.8 Å². The van der Waals surface area contributed by atoms with Crippen LogP contribution < -0.4 is 15.2 Å². The first-order valence-electron chi connectivity index (χ1n) is 16.6. The molecule has 2 atom stereocenters. The first-order chi connectivity index (χ1) is 23.1. The number of aromatic nitrogens is 1. The molecule has 1 fully saturated rings. The lowest BCUT2D eigenvalue weighted by atomic mass is 9.98. The highest BCUT2D eigenvalue weighted by atomic mass is 35.5. The molecule has 0 bridgehead atoms. The highest BCUT2D eigenvalue weighted by Crippen LogP contribution is 2.34. The number of halogens is 2. The van der Waals surface area contributed by atoms with E-state index in [9.17, 15) is 18.0 Å². The Morgan fingerprint density at radius 2 is 1.76 bits per heavy atom. The number of pyridine rings is 1. The quantitative estimate of drug-likeness (QED) is 0.223. The summed E-state index contributed by atoms with van der Waals surface area (Å²) in [7, 11) is -0.290. The molecule has 2 heterocycles. The van der Waals surface area contributed by atoms with Crippen molar-refractivity contribution in [1.82, 2.24) is 24.4 Å². The number of piperazine rings is 1. The molecule has 1 aliphatic rings. The maximum Gasteiger partial charge on any atom is 0.243 e. The third-order valence-electron chi connectivity index (χ3n) is 9.05. The summed E-state index contributed by atoms with van der Waals surface area (Å²) in [5.74, 6) is -0.00730. The van der Waals surface area contributed by atoms with Crippen LogP contribution in [-0.4, -0.2) is 98.3 Å². The lowest BCUT2D eigenvalue weighted by Crippen LogP contribution is -2.62. The van der Waals surface area contributed by atoms with Crippen molar-refractivity contribution in [3.63, 3.8) is 0 Å². The minimum absolute atomic E-state index is 0.100. The third-order valence-corrected chi connectivity index (χ3v) is 11.6. The number of hydrogen-bond donors (Lipinski definition) is 2. The molecule has 1 aliphatic heterocycles. The third kappa shape index (κ3) is 9.22. The zero-order valence-corrected chi connectivity index (χ0v) is 31.5. The number of aryl methyl sites for hydroxylation is 2. The van der Waals surface area contributed by atoms with Crippen molar-refractivity contribution in [2.75, 3.05) is 46.8 Å². The van der Waals surface area contributed by atoms with E-state index in [1.165, 1.54) is 12.1 Å². The highest BCUT2D eigenvalue weighted by molar-refractivity contribution is 7.89. The van der Waals surface area contributed by atoms with Crippen molar-refractivity contribution < 1.29 is 22.7 Å². The number of nitrogens with two attached hydrogens (primary N) is 1. The van der Waals surface area contributed by atoms with Crippen LogP contribution in [0.4, 0.5) is 0 Å². The summed E-state index contributed by atoms with van der Waals surface area (Å²) in [6.45, 7) is 9.19. The normalized spacial score (nSPS) is 15.8. The molecule has 2 unspecified atom stereocenters. The first-order valence-corrected chi connectivity index (χ1v) is 18.8. The molecule has 1 aromatic heterocycles. The van der Waals surface area contributed by atoms with Crippen LogP contribution in [0.2, 0.25) is 10.0 Å². The van der Waals surface area contributed by atoms with Gasteiger partial charge in [-0.25, -0.2) is 13.4 Å². The molecule has 1 saturated heterocycles. The van der Waals surface area contributed by atoms with Crippen molar-refractivity contribution in [1.29, 1.82) is 0 Å². The van der Waals surface area contributed by atoms with Gasteiger partial charge >= 0.3 is 0 Å². The number of carbonyl (C=O) groups excluding carboxylic acids is 2. The summed E-state index contributed by atoms with van der Waals surface area (Å²) >= 11 is 13.2. The number of para-hydroxylation sites is 1. The van der Waals surface area contributed by atoms with Gasteiger partial charge < -0.3 is 25.2 Å². The smallest absolute Gasteiger partial charge is 0.243 e. The van der Waals surface area contributed by atoms with Crippen LogP contribution in [0.1, 0.15) is 56.4 Å². The fourth-order valence-corrected chi connectivity index (χ4v) is 8.31. The number of fused-ring (bicyclic) bond motifs is 1. The molecule has 3 aromatic rings. The van der Waals surface area contributed by atoms with E-state index in [2.05, 4.69) is 14.6 Å². The Hall–Kier alpha value is -3.00. The average Bonchev–Trinajstić information content (AvgIpc) is 3.05. The molecular formula is C35H48Cl2N6O5S. The molecule has 0 aliphatic carbocycles. The summed E-state index contributed by atoms with van der Waals surface area (Å²) in [6.07, 6.45) is 2.59. The SMILES string of the molecule is CCC(C)(NS(=O)(=O)c1ccc(Cl)c(COc2cccc3c(C)cc(C)nc23)c1Cl)C(=O)N1CCN(C(=O)C(N)CCCCN(C)C)CC1. The van der Waals surface area contributed by atoms with Crippen LogP contribution in [0.15, 0.2) is 41.3 Å². The van der Waals surface area contributed by atoms with Gasteiger partial charge in [-0.2, -0.15) is 4.72 Å². The van der Waals surface area contributed by atoms with Gasteiger partial charge in [-0.15, -0.1) is 0 Å². The number of nitrogens with one attached hydrogen (secondary N) is 1. The molecule has 0 radical (unpaired) electrons. The molecule has 268 valence electrons. The summed E-state index contributed by atoms with van der Waals surface area (Å²) in [4.78, 5) is 36.5. The molecular weight excluding hydrogens is 687 g/mol. The zero-order valence-electron chi connectivity index (χ0n) is 29.2. The minimum Gasteiger partial charge on any atom is -0.487 e. The maximum absolute atomic E-state index is 13.8. The Bertz CT molecular complexity index is 1780. The number of rotatable bonds is 14. The van der Waals surface area contributed by atoms with E-state index in [0.29, 0.717) is 30.8 Å². The Morgan fingerprint density at radius 1 is 1.08 bits per heavy atom. The highest BCUT2D eigenvalue weighted by Gasteiger charge is 2.41. The largest absolute Gasteiger partial charge is 0.487 e. The van der Waals surface area contributed by atoms with E-state index >= 15 is 0 Å². The minimum atomic E-state index is -4.30. The number of sulfonamides is 1. The monoisotopic (exact) mass is 734 g/mol. The Balaban J connectivity index is 1.44. The fourth-order valence-electron chi connectivity index (χ4n) is 5.99. The van der Waals surface area contributed by atoms with Crippen LogP contribution in [0.3, 0.4) is 0 Å². The van der Waals surface area contributed by atoms with Crippen LogP contribution in [0.25, 0.3) is 10.9 Å². The van der Waals surface area contributed by atoms with Gasteiger partial charge in [0.1, 0.15) is 28.3 Å². The lowest BCUT2D eigenvalue weighted by Gasteiger charge is -2.40. The summed E-state index contributed by atoms with van der Waals surface area (Å²) < 4.78 is 36.4. The molecule has 0 spiro atoms. The molecule has 49 heavy (non-hydrogen) atoms. The van der Waals surface area contributed by atoms with Gasteiger partial charge in [0.25, 0.3) is 0 Å². The Morgan fingerprint density at radius 3 is 2.41 bits per heavy atom. The van der Waals surface area contributed by atoms with Crippen molar-refractivity contribution in [3.8, 4) is 5.75 Å². The Labute approximate surface area is 300 Å². The summed E-state index contributed by atoms with van der Waals surface area (Å²) in [5.41, 5.74) is 7.58. The van der Waals surface area contributed by atoms with E-state index in [1.807, 2.05) is 46.1 Å². The topological polar surface area (TPSA) is 138 Å². The van der Waals surface area contributed by atoms with Gasteiger partial charge in [-0.1, -0.05) is 48.7 Å². The van der Waals surface area contributed by atoms with Gasteiger partial charge in [-0.3, -0.25) is 9.59 Å². The van der Waals surface area contributed by atoms with E-state index in [4.69, 9.17) is 33.7 Å². The standard InChI is InChI=1S/C35H48Cl2N6O5S/c1-7-35(4,34(45)43-19-17-42(18-20-43)33(44)28(38)12-8-9-16-41(5)6)40-49(46,47)30-15-14-27(36)26(31(30)37)22-48-29-13-10-11-25-23(2)21-24(3)39-32(25)29/h10-11,13-15,21,28,40H,7-9,12,16-20,22,38H2,1-6H3. The summed E-state index contributed by atoms with van der Waals surface area (Å²) in [5, 5.41) is 1.07. The second-order valence-corrected chi connectivity index (χ2v) is 15.6. The number of hydrogen-bond acceptors (Lipinski definition) is 8. The van der Waals surface area contributed by atoms with Crippen LogP contribution in [-0.2, 0) is 26.2 Å². The summed E-state index contributed by atoms with van der Waals surface area (Å²) in [6, 6.07) is 9.77. The van der Waals surface area contributed by atoms with Crippen molar-refractivity contribution >= 4 is 55.9 Å². The number of amides is 2. The number of benzene rings is 2. The second kappa shape index (κ2) is 16.3. The second-order valence-electron chi connectivity index (χ2n) is 13.2. The van der Waals surface area contributed by atoms with E-state index in [1.54, 1.807) is 29.7 Å². The predicted molar refractivity (Wildman–Crippen MR) is 195 cm³/mol. The van der Waals surface area contributed by atoms with Crippen molar-refractivity contribution in [3.05, 3.63) is 63.3 Å². The fraction of sp³-hybridized carbons (Fsp3) is 0.514. The van der Waals surface area contributed by atoms with Crippen molar-refractivity contribution in [2.24, 2.45) is 5.73 Å². The molecule has 14 heteroatoms. The molecule has 3 N–H and O–H groups in total. The van der Waals surface area contributed by atoms with Gasteiger partial charge in [-0.05, 0) is 90.5 Å². The number of unbranched alkanes of at least 4 members (excludes halogenated alkanes) is 1. The van der Waals surface area contributed by atoms with Crippen LogP contribution in [0.5, 0.6) is 5.75 Å². The zero-order chi connectivity index (χ0) is 36.1. The Kier molecular flexibility index (Phi) is 12.9. The van der Waals surface area contributed by atoms with Crippen molar-refractivity contribution in [2.45, 2.75) is 76.5 Å². The molecule has 11 nitrogen and oxygen atoms in total. The van der Waals surface area contributed by atoms with Gasteiger partial charge in [0.05, 0.1) is 11.1 Å². The average molecular weight is 736 g/mol. The van der Waals surface area contributed by atoms with Gasteiger partial charge in [0, 0.05) is 47.8 Å². The molecule has 2 aromatic carbocycles. The molecule has 4 rings (SSSR count). The van der Waals surface area contributed by atoms with E-state index in [0.717, 1.165) is 36.0 Å². The number of nitrogens with zero attached hydrogens (tertiary/aromatic N) is 4. The van der Waals surface area contributed by atoms with Gasteiger partial charge in [0.15, 0.2) is 0 Å². The van der Waals surface area contributed by atoms with E-state index < -0.39 is 21.6 Å². The predicted octanol–water partition coefficient (Wildman–Crippen LogP) is 4.91. The van der Waals surface area contributed by atoms with Crippen LogP contribution >= 0.6 is 23.2 Å². The number of ether oxygens (including phenoxy) is 1. The first kappa shape index (κ1) is 38.8. The van der Waals surface area contributed by atoms with Gasteiger partial charge in [0.2, 0.25) is 21.8 Å². The molecule has 2 amide bonds. The maximum atomic E-state index is 13.8. The van der Waals surface area contributed by atoms with E-state index in [-0.39, 0.29) is 58.4 Å². The lowest BCUT2D eigenvalue weighted by molar-refractivity contribution is -0.143.